The molecular weight excluding hydrogens is 238 g/mol. The number of ether oxygens (including phenoxy) is 1. The standard InChI is InChI=1S/C16H27NO2/c1-5-15(18)12-17(10-13(2)3)11-14-7-6-8-16(9-14)19-4/h6-9,13,15,18H,5,10-12H2,1-4H3. The molecule has 1 unspecified atom stereocenters. The second-order valence-electron chi connectivity index (χ2n) is 5.50. The Morgan fingerprint density at radius 2 is 2.00 bits per heavy atom. The molecule has 1 aromatic carbocycles. The zero-order valence-corrected chi connectivity index (χ0v) is 12.6. The Morgan fingerprint density at radius 1 is 1.26 bits per heavy atom. The van der Waals surface area contributed by atoms with Crippen LogP contribution in [0.5, 0.6) is 5.75 Å². The third kappa shape index (κ3) is 6.08. The zero-order valence-electron chi connectivity index (χ0n) is 12.6. The van der Waals surface area contributed by atoms with Crippen LogP contribution >= 0.6 is 0 Å². The molecule has 3 heteroatoms. The molecule has 1 N–H and O–H groups in total. The SMILES string of the molecule is CCC(O)CN(Cc1cccc(OC)c1)CC(C)C. The minimum atomic E-state index is -0.246. The van der Waals surface area contributed by atoms with Crippen LogP contribution < -0.4 is 4.74 Å². The molecular formula is C16H27NO2. The monoisotopic (exact) mass is 265 g/mol. The Kier molecular flexibility index (Phi) is 6.89. The summed E-state index contributed by atoms with van der Waals surface area (Å²) >= 11 is 0. The largest absolute Gasteiger partial charge is 0.497 e. The minimum Gasteiger partial charge on any atom is -0.497 e. The normalized spacial score (nSPS) is 13.0. The van der Waals surface area contributed by atoms with Gasteiger partial charge < -0.3 is 9.84 Å². The van der Waals surface area contributed by atoms with E-state index in [1.54, 1.807) is 7.11 Å². The molecule has 1 aromatic rings. The second-order valence-corrected chi connectivity index (χ2v) is 5.50. The van der Waals surface area contributed by atoms with Gasteiger partial charge >= 0.3 is 0 Å². The van der Waals surface area contributed by atoms with Gasteiger partial charge in [-0.05, 0) is 30.0 Å². The molecule has 19 heavy (non-hydrogen) atoms. The van der Waals surface area contributed by atoms with Crippen molar-refractivity contribution >= 4 is 0 Å². The van der Waals surface area contributed by atoms with E-state index in [0.717, 1.165) is 31.8 Å². The van der Waals surface area contributed by atoms with Crippen LogP contribution in [0.4, 0.5) is 0 Å². The first-order valence-electron chi connectivity index (χ1n) is 7.08. The average molecular weight is 265 g/mol. The van der Waals surface area contributed by atoms with Crippen molar-refractivity contribution in [3.05, 3.63) is 29.8 Å². The summed E-state index contributed by atoms with van der Waals surface area (Å²) in [6, 6.07) is 8.13. The Labute approximate surface area is 117 Å². The van der Waals surface area contributed by atoms with Crippen molar-refractivity contribution < 1.29 is 9.84 Å². The molecule has 0 aliphatic heterocycles. The van der Waals surface area contributed by atoms with Crippen LogP contribution in [0.25, 0.3) is 0 Å². The molecule has 0 aliphatic rings. The lowest BCUT2D eigenvalue weighted by atomic mass is 10.1. The summed E-state index contributed by atoms with van der Waals surface area (Å²) in [5.74, 6) is 1.48. The minimum absolute atomic E-state index is 0.246. The highest BCUT2D eigenvalue weighted by Gasteiger charge is 2.12. The highest BCUT2D eigenvalue weighted by atomic mass is 16.5. The molecule has 0 radical (unpaired) electrons. The number of aliphatic hydroxyl groups is 1. The zero-order chi connectivity index (χ0) is 14.3. The molecule has 0 fully saturated rings. The Morgan fingerprint density at radius 3 is 2.58 bits per heavy atom. The van der Waals surface area contributed by atoms with E-state index in [0.29, 0.717) is 5.92 Å². The molecule has 0 bridgehead atoms. The summed E-state index contributed by atoms with van der Waals surface area (Å²) in [4.78, 5) is 2.31. The van der Waals surface area contributed by atoms with Gasteiger partial charge in [0, 0.05) is 19.6 Å². The number of nitrogens with zero attached hydrogens (tertiary/aromatic N) is 1. The van der Waals surface area contributed by atoms with E-state index in [2.05, 4.69) is 30.9 Å². The summed E-state index contributed by atoms with van der Waals surface area (Å²) in [6.45, 7) is 9.00. The van der Waals surface area contributed by atoms with Crippen molar-refractivity contribution in [2.75, 3.05) is 20.2 Å². The lowest BCUT2D eigenvalue weighted by molar-refractivity contribution is 0.0985. The maximum Gasteiger partial charge on any atom is 0.119 e. The van der Waals surface area contributed by atoms with E-state index in [4.69, 9.17) is 4.74 Å². The van der Waals surface area contributed by atoms with Crippen LogP contribution in [0.2, 0.25) is 0 Å². The molecule has 1 rings (SSSR count). The van der Waals surface area contributed by atoms with Crippen molar-refractivity contribution in [2.24, 2.45) is 5.92 Å². The number of hydrogen-bond acceptors (Lipinski definition) is 3. The maximum atomic E-state index is 9.85. The number of hydrogen-bond donors (Lipinski definition) is 1. The molecule has 0 saturated heterocycles. The summed E-state index contributed by atoms with van der Waals surface area (Å²) in [7, 11) is 1.69. The van der Waals surface area contributed by atoms with Gasteiger partial charge in [0.05, 0.1) is 13.2 Å². The van der Waals surface area contributed by atoms with Gasteiger partial charge in [0.15, 0.2) is 0 Å². The molecule has 0 heterocycles. The van der Waals surface area contributed by atoms with Crippen LogP contribution in [-0.2, 0) is 6.54 Å². The van der Waals surface area contributed by atoms with E-state index >= 15 is 0 Å². The first kappa shape index (κ1) is 16.0. The summed E-state index contributed by atoms with van der Waals surface area (Å²) in [5, 5.41) is 9.85. The quantitative estimate of drug-likeness (QED) is 0.784. The Bertz CT molecular complexity index is 366. The average Bonchev–Trinajstić information content (AvgIpc) is 2.38. The molecule has 0 amide bonds. The van der Waals surface area contributed by atoms with Crippen molar-refractivity contribution in [1.29, 1.82) is 0 Å². The molecule has 0 spiro atoms. The van der Waals surface area contributed by atoms with E-state index in [1.807, 2.05) is 19.1 Å². The summed E-state index contributed by atoms with van der Waals surface area (Å²) < 4.78 is 5.25. The van der Waals surface area contributed by atoms with Crippen LogP contribution in [0.3, 0.4) is 0 Å². The molecule has 108 valence electrons. The lowest BCUT2D eigenvalue weighted by Crippen LogP contribution is -2.34. The molecule has 1 atom stereocenters. The first-order valence-corrected chi connectivity index (χ1v) is 7.08. The number of aliphatic hydroxyl groups excluding tert-OH is 1. The van der Waals surface area contributed by atoms with Gasteiger partial charge in [0.1, 0.15) is 5.75 Å². The number of rotatable bonds is 8. The first-order chi connectivity index (χ1) is 9.05. The third-order valence-electron chi connectivity index (χ3n) is 3.10. The maximum absolute atomic E-state index is 9.85. The fourth-order valence-corrected chi connectivity index (χ4v) is 2.18. The van der Waals surface area contributed by atoms with Gasteiger partial charge in [0.25, 0.3) is 0 Å². The third-order valence-corrected chi connectivity index (χ3v) is 3.10. The Balaban J connectivity index is 2.69. The van der Waals surface area contributed by atoms with Gasteiger partial charge in [-0.25, -0.2) is 0 Å². The van der Waals surface area contributed by atoms with E-state index < -0.39 is 0 Å². The smallest absolute Gasteiger partial charge is 0.119 e. The Hall–Kier alpha value is -1.06. The summed E-state index contributed by atoms with van der Waals surface area (Å²) in [5.41, 5.74) is 1.23. The van der Waals surface area contributed by atoms with Crippen molar-refractivity contribution in [3.8, 4) is 5.75 Å². The van der Waals surface area contributed by atoms with E-state index in [1.165, 1.54) is 5.56 Å². The highest BCUT2D eigenvalue weighted by molar-refractivity contribution is 5.28. The van der Waals surface area contributed by atoms with Gasteiger partial charge in [-0.3, -0.25) is 4.90 Å². The van der Waals surface area contributed by atoms with Crippen molar-refractivity contribution in [1.82, 2.24) is 4.90 Å². The van der Waals surface area contributed by atoms with Crippen LogP contribution in [0.15, 0.2) is 24.3 Å². The van der Waals surface area contributed by atoms with Gasteiger partial charge in [0.2, 0.25) is 0 Å². The predicted molar refractivity (Wildman–Crippen MR) is 79.4 cm³/mol. The van der Waals surface area contributed by atoms with Crippen LogP contribution in [-0.4, -0.2) is 36.3 Å². The van der Waals surface area contributed by atoms with Crippen LogP contribution in [0.1, 0.15) is 32.8 Å². The van der Waals surface area contributed by atoms with Crippen molar-refractivity contribution in [2.45, 2.75) is 39.8 Å². The second kappa shape index (κ2) is 8.18. The van der Waals surface area contributed by atoms with E-state index in [9.17, 15) is 5.11 Å². The number of benzene rings is 1. The van der Waals surface area contributed by atoms with Gasteiger partial charge in [-0.15, -0.1) is 0 Å². The van der Waals surface area contributed by atoms with Crippen LogP contribution in [0, 0.1) is 5.92 Å². The fraction of sp³-hybridized carbons (Fsp3) is 0.625. The van der Waals surface area contributed by atoms with E-state index in [-0.39, 0.29) is 6.10 Å². The molecule has 0 aromatic heterocycles. The fourth-order valence-electron chi connectivity index (χ4n) is 2.18. The van der Waals surface area contributed by atoms with Gasteiger partial charge in [-0.1, -0.05) is 32.9 Å². The van der Waals surface area contributed by atoms with Gasteiger partial charge in [-0.2, -0.15) is 0 Å². The summed E-state index contributed by atoms with van der Waals surface area (Å²) in [6.07, 6.45) is 0.552. The molecule has 3 nitrogen and oxygen atoms in total. The highest BCUT2D eigenvalue weighted by Crippen LogP contribution is 2.15. The lowest BCUT2D eigenvalue weighted by Gasteiger charge is -2.26. The van der Waals surface area contributed by atoms with Crippen molar-refractivity contribution in [3.63, 3.8) is 0 Å². The predicted octanol–water partition coefficient (Wildman–Crippen LogP) is 2.92. The number of methoxy groups -OCH3 is 1. The molecule has 0 aliphatic carbocycles. The molecule has 0 saturated carbocycles. The topological polar surface area (TPSA) is 32.7 Å².